The van der Waals surface area contributed by atoms with Crippen LogP contribution in [-0.2, 0) is 0 Å². The maximum atomic E-state index is 4.85. The predicted octanol–water partition coefficient (Wildman–Crippen LogP) is 0.609. The third kappa shape index (κ3) is 5.30. The monoisotopic (exact) mass is 144 g/mol. The standard InChI is InChI=1S/C6H12N2S/c1-7-6(9)4-5-8(2)3/h4-5H,1-3H3,(H,7,9)/b5-4+. The molecular weight excluding hydrogens is 132 g/mol. The minimum atomic E-state index is 0.753. The van der Waals surface area contributed by atoms with E-state index >= 15 is 0 Å². The Morgan fingerprint density at radius 2 is 2.11 bits per heavy atom. The molecule has 0 aliphatic rings. The largest absolute Gasteiger partial charge is 0.383 e. The van der Waals surface area contributed by atoms with Crippen LogP contribution in [0.5, 0.6) is 0 Å². The van der Waals surface area contributed by atoms with Gasteiger partial charge >= 0.3 is 0 Å². The van der Waals surface area contributed by atoms with Gasteiger partial charge in [-0.3, -0.25) is 0 Å². The van der Waals surface area contributed by atoms with Crippen LogP contribution in [-0.4, -0.2) is 31.0 Å². The second kappa shape index (κ2) is 4.32. The summed E-state index contributed by atoms with van der Waals surface area (Å²) < 4.78 is 0. The number of hydrogen-bond donors (Lipinski definition) is 1. The first-order valence-corrected chi connectivity index (χ1v) is 3.14. The van der Waals surface area contributed by atoms with Crippen molar-refractivity contribution in [2.24, 2.45) is 0 Å². The summed E-state index contributed by atoms with van der Waals surface area (Å²) in [5.41, 5.74) is 0. The van der Waals surface area contributed by atoms with E-state index in [1.54, 1.807) is 0 Å². The molecule has 0 aromatic rings. The minimum absolute atomic E-state index is 0.753. The van der Waals surface area contributed by atoms with E-state index < -0.39 is 0 Å². The normalized spacial score (nSPS) is 9.67. The van der Waals surface area contributed by atoms with Crippen LogP contribution in [0.25, 0.3) is 0 Å². The Hall–Kier alpha value is -0.570. The van der Waals surface area contributed by atoms with E-state index in [1.165, 1.54) is 0 Å². The highest BCUT2D eigenvalue weighted by Crippen LogP contribution is 1.78. The maximum absolute atomic E-state index is 4.85. The number of likely N-dealkylation sites (N-methyl/N-ethyl adjacent to an activating group) is 1. The van der Waals surface area contributed by atoms with Crippen molar-refractivity contribution in [3.63, 3.8) is 0 Å². The van der Waals surface area contributed by atoms with Crippen LogP contribution < -0.4 is 5.32 Å². The van der Waals surface area contributed by atoms with E-state index in [2.05, 4.69) is 5.32 Å². The van der Waals surface area contributed by atoms with Crippen molar-refractivity contribution >= 4 is 17.2 Å². The van der Waals surface area contributed by atoms with Gasteiger partial charge in [-0.1, -0.05) is 12.2 Å². The van der Waals surface area contributed by atoms with Gasteiger partial charge in [0.1, 0.15) is 0 Å². The number of hydrogen-bond acceptors (Lipinski definition) is 2. The minimum Gasteiger partial charge on any atom is -0.383 e. The third-order valence-corrected chi connectivity index (χ3v) is 1.11. The van der Waals surface area contributed by atoms with Gasteiger partial charge in [0.15, 0.2) is 0 Å². The SMILES string of the molecule is CNC(=S)/C=C/N(C)C. The molecule has 0 unspecified atom stereocenters. The quantitative estimate of drug-likeness (QED) is 0.451. The molecule has 0 aromatic carbocycles. The smallest absolute Gasteiger partial charge is 0.0999 e. The molecule has 9 heavy (non-hydrogen) atoms. The second-order valence-electron chi connectivity index (χ2n) is 1.89. The summed E-state index contributed by atoms with van der Waals surface area (Å²) in [7, 11) is 5.71. The zero-order valence-corrected chi connectivity index (χ0v) is 6.83. The average molecular weight is 144 g/mol. The van der Waals surface area contributed by atoms with Crippen molar-refractivity contribution in [1.29, 1.82) is 0 Å². The number of nitrogens with one attached hydrogen (secondary N) is 1. The zero-order valence-electron chi connectivity index (χ0n) is 6.01. The van der Waals surface area contributed by atoms with Crippen LogP contribution in [0.15, 0.2) is 12.3 Å². The van der Waals surface area contributed by atoms with E-state index in [9.17, 15) is 0 Å². The summed E-state index contributed by atoms with van der Waals surface area (Å²) >= 11 is 4.85. The van der Waals surface area contributed by atoms with E-state index in [0.717, 1.165) is 4.99 Å². The summed E-state index contributed by atoms with van der Waals surface area (Å²) in [4.78, 5) is 2.69. The van der Waals surface area contributed by atoms with E-state index in [-0.39, 0.29) is 0 Å². The molecule has 3 heteroatoms. The average Bonchev–Trinajstić information content (AvgIpc) is 1.83. The topological polar surface area (TPSA) is 15.3 Å². The fourth-order valence-electron chi connectivity index (χ4n) is 0.300. The number of rotatable bonds is 2. The summed E-state index contributed by atoms with van der Waals surface area (Å²) in [6, 6.07) is 0. The molecule has 0 heterocycles. The molecule has 1 N–H and O–H groups in total. The van der Waals surface area contributed by atoms with Crippen molar-refractivity contribution in [3.8, 4) is 0 Å². The van der Waals surface area contributed by atoms with Gasteiger partial charge in [-0.2, -0.15) is 0 Å². The van der Waals surface area contributed by atoms with Gasteiger partial charge in [-0.15, -0.1) is 0 Å². The second-order valence-corrected chi connectivity index (χ2v) is 2.33. The Labute approximate surface area is 61.5 Å². The van der Waals surface area contributed by atoms with E-state index in [0.29, 0.717) is 0 Å². The van der Waals surface area contributed by atoms with Crippen LogP contribution in [0.1, 0.15) is 0 Å². The van der Waals surface area contributed by atoms with Gasteiger partial charge in [0, 0.05) is 27.3 Å². The van der Waals surface area contributed by atoms with E-state index in [1.807, 2.05) is 38.3 Å². The van der Waals surface area contributed by atoms with Crippen molar-refractivity contribution in [3.05, 3.63) is 12.3 Å². The Balaban J connectivity index is 3.57. The van der Waals surface area contributed by atoms with Crippen LogP contribution >= 0.6 is 12.2 Å². The Kier molecular flexibility index (Phi) is 4.05. The van der Waals surface area contributed by atoms with Gasteiger partial charge in [0.25, 0.3) is 0 Å². The highest BCUT2D eigenvalue weighted by Gasteiger charge is 1.80. The predicted molar refractivity (Wildman–Crippen MR) is 44.5 cm³/mol. The maximum Gasteiger partial charge on any atom is 0.0999 e. The summed E-state index contributed by atoms with van der Waals surface area (Å²) in [6.07, 6.45) is 3.74. The molecule has 0 aliphatic carbocycles. The Morgan fingerprint density at radius 3 is 2.44 bits per heavy atom. The van der Waals surface area contributed by atoms with Crippen molar-refractivity contribution < 1.29 is 0 Å². The summed E-state index contributed by atoms with van der Waals surface area (Å²) in [5, 5.41) is 2.84. The molecule has 0 saturated heterocycles. The molecule has 0 aromatic heterocycles. The zero-order chi connectivity index (χ0) is 7.28. The lowest BCUT2D eigenvalue weighted by Crippen LogP contribution is -2.13. The molecule has 0 atom stereocenters. The summed E-state index contributed by atoms with van der Waals surface area (Å²) in [5.74, 6) is 0. The van der Waals surface area contributed by atoms with Gasteiger partial charge in [-0.25, -0.2) is 0 Å². The fraction of sp³-hybridized carbons (Fsp3) is 0.500. The highest BCUT2D eigenvalue weighted by molar-refractivity contribution is 7.80. The Bertz CT molecular complexity index is 118. The van der Waals surface area contributed by atoms with Crippen LogP contribution in [0.3, 0.4) is 0 Å². The first-order valence-electron chi connectivity index (χ1n) is 2.73. The van der Waals surface area contributed by atoms with Crippen molar-refractivity contribution in [2.45, 2.75) is 0 Å². The molecule has 0 rings (SSSR count). The molecule has 0 saturated carbocycles. The third-order valence-electron chi connectivity index (χ3n) is 0.770. The molecule has 0 bridgehead atoms. The van der Waals surface area contributed by atoms with Gasteiger partial charge in [0.05, 0.1) is 4.99 Å². The summed E-state index contributed by atoms with van der Waals surface area (Å²) in [6.45, 7) is 0. The van der Waals surface area contributed by atoms with Crippen molar-refractivity contribution in [1.82, 2.24) is 10.2 Å². The molecule has 0 amide bonds. The lowest BCUT2D eigenvalue weighted by Gasteiger charge is -2.02. The van der Waals surface area contributed by atoms with Gasteiger partial charge < -0.3 is 10.2 Å². The van der Waals surface area contributed by atoms with Crippen LogP contribution in [0.2, 0.25) is 0 Å². The molecule has 0 aliphatic heterocycles. The van der Waals surface area contributed by atoms with Gasteiger partial charge in [-0.05, 0) is 6.08 Å². The first kappa shape index (κ1) is 8.43. The first-order chi connectivity index (χ1) is 4.16. The molecule has 2 nitrogen and oxygen atoms in total. The Morgan fingerprint density at radius 1 is 1.56 bits per heavy atom. The highest BCUT2D eigenvalue weighted by atomic mass is 32.1. The van der Waals surface area contributed by atoms with Gasteiger partial charge in [0.2, 0.25) is 0 Å². The molecule has 52 valence electrons. The van der Waals surface area contributed by atoms with Crippen LogP contribution in [0.4, 0.5) is 0 Å². The fourth-order valence-corrected chi connectivity index (χ4v) is 0.361. The lowest BCUT2D eigenvalue weighted by molar-refractivity contribution is 0.564. The molecule has 0 spiro atoms. The lowest BCUT2D eigenvalue weighted by atomic mass is 10.6. The number of nitrogens with zero attached hydrogens (tertiary/aromatic N) is 1. The van der Waals surface area contributed by atoms with Crippen molar-refractivity contribution in [2.75, 3.05) is 21.1 Å². The van der Waals surface area contributed by atoms with Crippen LogP contribution in [0, 0.1) is 0 Å². The van der Waals surface area contributed by atoms with E-state index in [4.69, 9.17) is 12.2 Å². The number of thiocarbonyl (C=S) groups is 1. The molecule has 0 fully saturated rings. The molecule has 0 radical (unpaired) electrons. The molecular formula is C6H12N2S.